The molecule has 6 heteroatoms. The third-order valence-corrected chi connectivity index (χ3v) is 5.80. The Labute approximate surface area is 188 Å². The summed E-state index contributed by atoms with van der Waals surface area (Å²) in [5.74, 6) is 1.18. The van der Waals surface area contributed by atoms with E-state index in [9.17, 15) is 9.59 Å². The van der Waals surface area contributed by atoms with Gasteiger partial charge in [-0.15, -0.1) is 0 Å². The average molecular weight is 435 g/mol. The van der Waals surface area contributed by atoms with Crippen molar-refractivity contribution in [2.45, 2.75) is 26.3 Å². The number of para-hydroxylation sites is 1. The Bertz CT molecular complexity index is 1180. The van der Waals surface area contributed by atoms with Crippen LogP contribution in [0.25, 0.3) is 11.0 Å². The van der Waals surface area contributed by atoms with Crippen molar-refractivity contribution in [1.82, 2.24) is 9.80 Å². The van der Waals surface area contributed by atoms with Crippen molar-refractivity contribution < 1.29 is 13.9 Å². The number of nitrogens with zero attached hydrogens (tertiary/aromatic N) is 2. The second-order valence-corrected chi connectivity index (χ2v) is 8.98. The third kappa shape index (κ3) is 4.28. The first-order chi connectivity index (χ1) is 15.4. The lowest BCUT2D eigenvalue weighted by Crippen LogP contribution is -2.35. The number of benzene rings is 2. The molecule has 4 rings (SSSR count). The van der Waals surface area contributed by atoms with Crippen LogP contribution in [0.3, 0.4) is 0 Å². The van der Waals surface area contributed by atoms with Crippen LogP contribution in [0, 0.1) is 5.92 Å². The van der Waals surface area contributed by atoms with E-state index in [1.54, 1.807) is 23.1 Å². The van der Waals surface area contributed by atoms with Crippen molar-refractivity contribution in [3.8, 4) is 5.75 Å². The van der Waals surface area contributed by atoms with Crippen molar-refractivity contribution in [1.29, 1.82) is 0 Å². The van der Waals surface area contributed by atoms with Gasteiger partial charge in [-0.3, -0.25) is 9.59 Å². The summed E-state index contributed by atoms with van der Waals surface area (Å²) in [5.41, 5.74) is 1.54. The van der Waals surface area contributed by atoms with Crippen LogP contribution in [0.5, 0.6) is 5.75 Å². The van der Waals surface area contributed by atoms with Crippen LogP contribution in [0.4, 0.5) is 0 Å². The average Bonchev–Trinajstić information content (AvgIpc) is 3.04. The number of rotatable bonds is 8. The lowest BCUT2D eigenvalue weighted by Gasteiger charge is -2.26. The molecule has 1 aromatic heterocycles. The lowest BCUT2D eigenvalue weighted by atomic mass is 9.98. The van der Waals surface area contributed by atoms with Gasteiger partial charge in [0.15, 0.2) is 5.43 Å². The van der Waals surface area contributed by atoms with E-state index in [2.05, 4.69) is 13.8 Å². The van der Waals surface area contributed by atoms with E-state index in [1.165, 1.54) is 0 Å². The molecule has 168 valence electrons. The largest absolute Gasteiger partial charge is 0.494 e. The number of carbonyl (C=O) groups excluding carboxylic acids is 1. The van der Waals surface area contributed by atoms with E-state index in [0.717, 1.165) is 17.7 Å². The number of likely N-dealkylation sites (N-methyl/N-ethyl adjacent to an activating group) is 1. The minimum Gasteiger partial charge on any atom is -0.494 e. The summed E-state index contributed by atoms with van der Waals surface area (Å²) in [6.45, 7) is 6.10. The maximum atomic E-state index is 13.5. The third-order valence-electron chi connectivity index (χ3n) is 5.80. The highest BCUT2D eigenvalue weighted by Crippen LogP contribution is 2.38. The van der Waals surface area contributed by atoms with E-state index >= 15 is 0 Å². The Kier molecular flexibility index (Phi) is 6.33. The van der Waals surface area contributed by atoms with Gasteiger partial charge in [-0.25, -0.2) is 0 Å². The molecular formula is C26H30N2O4. The Balaban J connectivity index is 1.79. The standard InChI is InChI=1S/C26H30N2O4/c1-17(2)12-15-31-19-9-7-8-18(16-19)23-22-24(29)20-10-5-6-11-21(20)32-25(22)26(30)28(23)14-13-27(3)4/h5-11,16-17,23H,12-15H2,1-4H3. The number of ether oxygens (including phenoxy) is 1. The summed E-state index contributed by atoms with van der Waals surface area (Å²) >= 11 is 0. The van der Waals surface area contributed by atoms with E-state index in [4.69, 9.17) is 9.15 Å². The smallest absolute Gasteiger partial charge is 0.290 e. The molecule has 1 aliphatic heterocycles. The first-order valence-corrected chi connectivity index (χ1v) is 11.1. The molecule has 6 nitrogen and oxygen atoms in total. The maximum absolute atomic E-state index is 13.5. The van der Waals surface area contributed by atoms with E-state index < -0.39 is 6.04 Å². The van der Waals surface area contributed by atoms with Crippen LogP contribution in [0.2, 0.25) is 0 Å². The predicted octanol–water partition coefficient (Wildman–Crippen LogP) is 4.32. The van der Waals surface area contributed by atoms with Gasteiger partial charge in [0, 0.05) is 13.1 Å². The van der Waals surface area contributed by atoms with Gasteiger partial charge in [0.25, 0.3) is 5.91 Å². The normalized spacial score (nSPS) is 15.8. The van der Waals surface area contributed by atoms with Crippen molar-refractivity contribution in [2.24, 2.45) is 5.92 Å². The molecule has 2 heterocycles. The zero-order chi connectivity index (χ0) is 22.8. The van der Waals surface area contributed by atoms with Crippen LogP contribution >= 0.6 is 0 Å². The molecule has 1 atom stereocenters. The molecule has 0 spiro atoms. The molecule has 0 saturated carbocycles. The topological polar surface area (TPSA) is 63.0 Å². The van der Waals surface area contributed by atoms with Crippen LogP contribution in [0.15, 0.2) is 57.7 Å². The van der Waals surface area contributed by atoms with Crippen LogP contribution in [-0.4, -0.2) is 49.5 Å². The fourth-order valence-electron chi connectivity index (χ4n) is 4.04. The second-order valence-electron chi connectivity index (χ2n) is 8.98. The van der Waals surface area contributed by atoms with Crippen LogP contribution in [-0.2, 0) is 0 Å². The second kappa shape index (κ2) is 9.17. The quantitative estimate of drug-likeness (QED) is 0.528. The molecular weight excluding hydrogens is 404 g/mol. The molecule has 1 aliphatic rings. The summed E-state index contributed by atoms with van der Waals surface area (Å²) in [6, 6.07) is 14.3. The number of amides is 1. The van der Waals surface area contributed by atoms with Gasteiger partial charge >= 0.3 is 0 Å². The highest BCUT2D eigenvalue weighted by molar-refractivity contribution is 5.99. The zero-order valence-corrected chi connectivity index (χ0v) is 19.1. The van der Waals surface area contributed by atoms with E-state index in [1.807, 2.05) is 49.3 Å². The Morgan fingerprint density at radius 1 is 1.09 bits per heavy atom. The SMILES string of the molecule is CC(C)CCOc1cccc(C2c3c(oc4ccccc4c3=O)C(=O)N2CCN(C)C)c1. The van der Waals surface area contributed by atoms with Crippen molar-refractivity contribution in [3.63, 3.8) is 0 Å². The molecule has 2 aromatic carbocycles. The summed E-state index contributed by atoms with van der Waals surface area (Å²) in [7, 11) is 3.92. The van der Waals surface area contributed by atoms with Gasteiger partial charge < -0.3 is 19.0 Å². The fourth-order valence-corrected chi connectivity index (χ4v) is 4.04. The highest BCUT2D eigenvalue weighted by Gasteiger charge is 2.42. The fraction of sp³-hybridized carbons (Fsp3) is 0.385. The van der Waals surface area contributed by atoms with Gasteiger partial charge in [0.1, 0.15) is 11.3 Å². The monoisotopic (exact) mass is 434 g/mol. The Hall–Kier alpha value is -3.12. The zero-order valence-electron chi connectivity index (χ0n) is 19.1. The van der Waals surface area contributed by atoms with Crippen LogP contribution in [0.1, 0.15) is 48.0 Å². The molecule has 0 aliphatic carbocycles. The minimum atomic E-state index is -0.507. The Morgan fingerprint density at radius 3 is 2.62 bits per heavy atom. The van der Waals surface area contributed by atoms with Gasteiger partial charge in [-0.05, 0) is 56.3 Å². The van der Waals surface area contributed by atoms with Crippen molar-refractivity contribution >= 4 is 16.9 Å². The van der Waals surface area contributed by atoms with Gasteiger partial charge in [0.2, 0.25) is 5.76 Å². The molecule has 0 radical (unpaired) electrons. The molecule has 1 amide bonds. The molecule has 1 unspecified atom stereocenters. The molecule has 0 N–H and O–H groups in total. The summed E-state index contributed by atoms with van der Waals surface area (Å²) < 4.78 is 11.9. The molecule has 0 saturated heterocycles. The van der Waals surface area contributed by atoms with Gasteiger partial charge in [-0.2, -0.15) is 0 Å². The van der Waals surface area contributed by atoms with Gasteiger partial charge in [-0.1, -0.05) is 38.1 Å². The highest BCUT2D eigenvalue weighted by atomic mass is 16.5. The number of carbonyl (C=O) groups is 1. The van der Waals surface area contributed by atoms with Crippen LogP contribution < -0.4 is 10.2 Å². The number of hydrogen-bond donors (Lipinski definition) is 0. The first-order valence-electron chi connectivity index (χ1n) is 11.1. The van der Waals surface area contributed by atoms with Gasteiger partial charge in [0.05, 0.1) is 23.6 Å². The first kappa shape index (κ1) is 22.1. The Morgan fingerprint density at radius 2 is 1.88 bits per heavy atom. The molecule has 0 fully saturated rings. The predicted molar refractivity (Wildman–Crippen MR) is 125 cm³/mol. The summed E-state index contributed by atoms with van der Waals surface area (Å²) in [6.07, 6.45) is 0.958. The summed E-state index contributed by atoms with van der Waals surface area (Å²) in [5, 5.41) is 0.489. The molecule has 3 aromatic rings. The molecule has 0 bridgehead atoms. The number of fused-ring (bicyclic) bond motifs is 2. The lowest BCUT2D eigenvalue weighted by molar-refractivity contribution is 0.0716. The van der Waals surface area contributed by atoms with E-state index in [0.29, 0.717) is 42.1 Å². The van der Waals surface area contributed by atoms with E-state index in [-0.39, 0.29) is 17.1 Å². The maximum Gasteiger partial charge on any atom is 0.290 e. The molecule has 32 heavy (non-hydrogen) atoms. The minimum absolute atomic E-state index is 0.142. The number of hydrogen-bond acceptors (Lipinski definition) is 5. The summed E-state index contributed by atoms with van der Waals surface area (Å²) in [4.78, 5) is 30.6. The van der Waals surface area contributed by atoms with Crippen molar-refractivity contribution in [3.05, 3.63) is 75.6 Å². The van der Waals surface area contributed by atoms with Crippen molar-refractivity contribution in [2.75, 3.05) is 33.8 Å².